The van der Waals surface area contributed by atoms with Crippen LogP contribution in [-0.2, 0) is 6.54 Å². The van der Waals surface area contributed by atoms with Gasteiger partial charge in [0, 0.05) is 30.6 Å². The maximum Gasteiger partial charge on any atom is 0.191 e. The van der Waals surface area contributed by atoms with Crippen molar-refractivity contribution < 1.29 is 26.9 Å². The second-order valence-electron chi connectivity index (χ2n) is 5.40. The highest BCUT2D eigenvalue weighted by Gasteiger charge is 2.21. The average molecular weight is 399 g/mol. The van der Waals surface area contributed by atoms with Crippen molar-refractivity contribution in [2.24, 2.45) is 0 Å². The number of anilines is 1. The Hall–Kier alpha value is -2.75. The van der Waals surface area contributed by atoms with Crippen molar-refractivity contribution in [3.63, 3.8) is 0 Å². The summed E-state index contributed by atoms with van der Waals surface area (Å²) in [5.74, 6) is -1.66. The Labute approximate surface area is 157 Å². The lowest BCUT2D eigenvalue weighted by Gasteiger charge is -2.15. The minimum atomic E-state index is -0.885. The Morgan fingerprint density at radius 1 is 1.11 bits per heavy atom. The SMILES string of the molecule is COc1cc(OC)c(F)c(NCc2cnc3c(ccn3SF)c2OC)c1F. The van der Waals surface area contributed by atoms with E-state index < -0.39 is 17.3 Å². The molecule has 0 atom stereocenters. The molecule has 2 aromatic heterocycles. The van der Waals surface area contributed by atoms with Crippen LogP contribution in [0.1, 0.15) is 5.56 Å². The van der Waals surface area contributed by atoms with E-state index in [4.69, 9.17) is 14.2 Å². The molecule has 0 radical (unpaired) electrons. The summed E-state index contributed by atoms with van der Waals surface area (Å²) < 4.78 is 58.3. The lowest BCUT2D eigenvalue weighted by Crippen LogP contribution is -2.08. The zero-order chi connectivity index (χ0) is 19.6. The quantitative estimate of drug-likeness (QED) is 0.638. The summed E-state index contributed by atoms with van der Waals surface area (Å²) >= 11 is 0.00834. The van der Waals surface area contributed by atoms with E-state index in [1.165, 1.54) is 37.7 Å². The number of ether oxygens (including phenoxy) is 3. The largest absolute Gasteiger partial charge is 0.496 e. The molecule has 1 N–H and O–H groups in total. The zero-order valence-corrected chi connectivity index (χ0v) is 15.5. The number of benzene rings is 1. The molecule has 6 nitrogen and oxygen atoms in total. The summed E-state index contributed by atoms with van der Waals surface area (Å²) in [5, 5.41) is 3.27. The highest BCUT2D eigenvalue weighted by atomic mass is 32.2. The molecule has 0 amide bonds. The summed E-state index contributed by atoms with van der Waals surface area (Å²) in [6.07, 6.45) is 2.96. The lowest BCUT2D eigenvalue weighted by molar-refractivity contribution is 0.360. The Bertz CT molecular complexity index is 953. The third-order valence-corrected chi connectivity index (χ3v) is 4.46. The standard InChI is InChI=1S/C17H16F3N3O3S/c1-24-11-6-12(25-2)14(19)15(13(11)18)21-7-9-8-22-17-10(16(9)26-3)4-5-23(17)27-20/h4-6,8,21H,7H2,1-3H3. The number of nitrogens with zero attached hydrogens (tertiary/aromatic N) is 2. The first-order chi connectivity index (χ1) is 13.0. The second kappa shape index (κ2) is 7.87. The smallest absolute Gasteiger partial charge is 0.191 e. The van der Waals surface area contributed by atoms with Gasteiger partial charge in [-0.3, -0.25) is 0 Å². The van der Waals surface area contributed by atoms with Crippen LogP contribution < -0.4 is 19.5 Å². The van der Waals surface area contributed by atoms with Crippen LogP contribution in [0, 0.1) is 11.6 Å². The molecule has 3 aromatic rings. The molecular formula is C17H16F3N3O3S. The fourth-order valence-corrected chi connectivity index (χ4v) is 3.05. The number of rotatable bonds is 7. The molecule has 0 fully saturated rings. The van der Waals surface area contributed by atoms with E-state index in [0.29, 0.717) is 22.3 Å². The second-order valence-corrected chi connectivity index (χ2v) is 5.93. The van der Waals surface area contributed by atoms with Crippen LogP contribution in [0.2, 0.25) is 0 Å². The van der Waals surface area contributed by atoms with Crippen LogP contribution in [0.5, 0.6) is 17.2 Å². The molecule has 0 aliphatic carbocycles. The highest BCUT2D eigenvalue weighted by Crippen LogP contribution is 2.36. The van der Waals surface area contributed by atoms with Crippen molar-refractivity contribution in [1.82, 2.24) is 8.96 Å². The summed E-state index contributed by atoms with van der Waals surface area (Å²) in [6, 6.07) is 2.77. The van der Waals surface area contributed by atoms with Crippen molar-refractivity contribution in [1.29, 1.82) is 0 Å². The minimum Gasteiger partial charge on any atom is -0.496 e. The molecule has 0 bridgehead atoms. The van der Waals surface area contributed by atoms with Crippen LogP contribution in [0.15, 0.2) is 24.5 Å². The van der Waals surface area contributed by atoms with Crippen molar-refractivity contribution in [3.05, 3.63) is 41.7 Å². The maximum atomic E-state index is 14.5. The van der Waals surface area contributed by atoms with Gasteiger partial charge in [0.25, 0.3) is 0 Å². The molecule has 0 saturated carbocycles. The molecule has 27 heavy (non-hydrogen) atoms. The first-order valence-electron chi connectivity index (χ1n) is 7.71. The van der Waals surface area contributed by atoms with E-state index in [9.17, 15) is 12.7 Å². The van der Waals surface area contributed by atoms with Crippen molar-refractivity contribution >= 4 is 29.1 Å². The van der Waals surface area contributed by atoms with Crippen molar-refractivity contribution in [2.75, 3.05) is 26.6 Å². The van der Waals surface area contributed by atoms with Gasteiger partial charge in [-0.05, 0) is 6.07 Å². The van der Waals surface area contributed by atoms with Crippen LogP contribution in [0.4, 0.5) is 18.4 Å². The van der Waals surface area contributed by atoms with Crippen LogP contribution >= 0.6 is 12.3 Å². The molecular weight excluding hydrogens is 383 g/mol. The molecule has 0 spiro atoms. The monoisotopic (exact) mass is 399 g/mol. The van der Waals surface area contributed by atoms with Crippen LogP contribution in [0.25, 0.3) is 11.0 Å². The predicted molar refractivity (Wildman–Crippen MR) is 97.2 cm³/mol. The number of aromatic nitrogens is 2. The number of halogens is 3. The summed E-state index contributed by atoms with van der Waals surface area (Å²) in [5.41, 5.74) is 0.515. The van der Waals surface area contributed by atoms with Gasteiger partial charge in [0.1, 0.15) is 11.4 Å². The number of methoxy groups -OCH3 is 3. The number of fused-ring (bicyclic) bond motifs is 1. The number of pyridine rings is 1. The van der Waals surface area contributed by atoms with Crippen molar-refractivity contribution in [2.45, 2.75) is 6.54 Å². The molecule has 0 aliphatic rings. The first kappa shape index (κ1) is 19.0. The van der Waals surface area contributed by atoms with Crippen molar-refractivity contribution in [3.8, 4) is 17.2 Å². The molecule has 10 heteroatoms. The van der Waals surface area contributed by atoms with E-state index in [0.717, 1.165) is 6.07 Å². The molecule has 2 heterocycles. The lowest BCUT2D eigenvalue weighted by atomic mass is 10.2. The Balaban J connectivity index is 1.98. The molecule has 0 unspecified atom stereocenters. The molecule has 0 aliphatic heterocycles. The van der Waals surface area contributed by atoms with E-state index in [1.54, 1.807) is 6.07 Å². The molecule has 3 rings (SSSR count). The number of nitrogens with one attached hydrogen (secondary N) is 1. The maximum absolute atomic E-state index is 14.5. The topological polar surface area (TPSA) is 57.5 Å². The number of hydrogen-bond donors (Lipinski definition) is 1. The van der Waals surface area contributed by atoms with Gasteiger partial charge in [0.05, 0.1) is 26.7 Å². The normalized spacial score (nSPS) is 10.9. The molecule has 144 valence electrons. The Kier molecular flexibility index (Phi) is 5.54. The predicted octanol–water partition coefficient (Wildman–Crippen LogP) is 4.33. The van der Waals surface area contributed by atoms with E-state index in [1.807, 2.05) is 0 Å². The van der Waals surface area contributed by atoms with E-state index in [2.05, 4.69) is 10.3 Å². The van der Waals surface area contributed by atoms with Gasteiger partial charge in [-0.25, -0.2) is 17.7 Å². The van der Waals surface area contributed by atoms with Gasteiger partial charge < -0.3 is 19.5 Å². The first-order valence-corrected chi connectivity index (χ1v) is 8.38. The van der Waals surface area contributed by atoms with Gasteiger partial charge >= 0.3 is 0 Å². The molecule has 0 saturated heterocycles. The van der Waals surface area contributed by atoms with Gasteiger partial charge in [-0.2, -0.15) is 0 Å². The van der Waals surface area contributed by atoms with Gasteiger partial charge in [0.15, 0.2) is 41.1 Å². The fourth-order valence-electron chi connectivity index (χ4n) is 2.73. The summed E-state index contributed by atoms with van der Waals surface area (Å²) in [4.78, 5) is 4.19. The summed E-state index contributed by atoms with van der Waals surface area (Å²) in [6.45, 7) is 0.00419. The third kappa shape index (κ3) is 3.32. The number of hydrogen-bond acceptors (Lipinski definition) is 6. The third-order valence-electron chi connectivity index (χ3n) is 4.01. The van der Waals surface area contributed by atoms with Crippen LogP contribution in [-0.4, -0.2) is 30.3 Å². The van der Waals surface area contributed by atoms with E-state index in [-0.39, 0.29) is 30.4 Å². The Morgan fingerprint density at radius 3 is 2.33 bits per heavy atom. The minimum absolute atomic E-state index is 0.00419. The van der Waals surface area contributed by atoms with Gasteiger partial charge in [-0.1, -0.05) is 0 Å². The van der Waals surface area contributed by atoms with Gasteiger partial charge in [-0.15, -0.1) is 3.89 Å². The summed E-state index contributed by atoms with van der Waals surface area (Å²) in [7, 11) is 4.00. The Morgan fingerprint density at radius 2 is 1.78 bits per heavy atom. The van der Waals surface area contributed by atoms with Gasteiger partial charge in [0.2, 0.25) is 0 Å². The van der Waals surface area contributed by atoms with Crippen LogP contribution in [0.3, 0.4) is 0 Å². The zero-order valence-electron chi connectivity index (χ0n) is 14.7. The fraction of sp³-hybridized carbons (Fsp3) is 0.235. The average Bonchev–Trinajstić information content (AvgIpc) is 3.11. The van der Waals surface area contributed by atoms with E-state index >= 15 is 0 Å². The molecule has 1 aromatic carbocycles. The highest BCUT2D eigenvalue weighted by molar-refractivity contribution is 7.92.